The van der Waals surface area contributed by atoms with Crippen molar-refractivity contribution in [3.8, 4) is 0 Å². The van der Waals surface area contributed by atoms with E-state index in [0.29, 0.717) is 51.1 Å². The summed E-state index contributed by atoms with van der Waals surface area (Å²) in [5.41, 5.74) is -2.38. The number of alkyl halides is 4. The second-order valence-electron chi connectivity index (χ2n) is 11.3. The number of fused-ring (bicyclic) bond motifs is 3. The lowest BCUT2D eigenvalue weighted by molar-refractivity contribution is -0.228. The first-order chi connectivity index (χ1) is 18.2. The minimum Gasteiger partial charge on any atom is -0.338 e. The minimum atomic E-state index is -5.06. The highest BCUT2D eigenvalue weighted by atomic mass is 32.2. The van der Waals surface area contributed by atoms with Crippen molar-refractivity contribution in [3.05, 3.63) is 70.5 Å². The molecule has 0 aromatic heterocycles. The third kappa shape index (κ3) is 5.14. The Labute approximate surface area is 224 Å². The molecular formula is C28H31F5N2O3S. The molecule has 2 amide bonds. The molecule has 3 aliphatic rings. The number of carbonyl (C=O) groups excluding carboxylic acids is 1. The molecule has 2 heterocycles. The summed E-state index contributed by atoms with van der Waals surface area (Å²) < 4.78 is 92.3. The van der Waals surface area contributed by atoms with Crippen molar-refractivity contribution in [2.24, 2.45) is 5.92 Å². The number of hydrogen-bond donors (Lipinski definition) is 1. The maximum atomic E-state index is 14.8. The highest BCUT2D eigenvalue weighted by Gasteiger charge is 2.55. The van der Waals surface area contributed by atoms with Crippen LogP contribution in [0.25, 0.3) is 0 Å². The van der Waals surface area contributed by atoms with Crippen LogP contribution in [0, 0.1) is 11.7 Å². The maximum absolute atomic E-state index is 14.8. The molecule has 2 saturated heterocycles. The van der Waals surface area contributed by atoms with Crippen molar-refractivity contribution in [1.29, 1.82) is 0 Å². The first-order valence-electron chi connectivity index (χ1n) is 13.1. The van der Waals surface area contributed by atoms with Gasteiger partial charge in [-0.05, 0) is 79.3 Å². The van der Waals surface area contributed by atoms with Crippen molar-refractivity contribution < 1.29 is 35.2 Å². The van der Waals surface area contributed by atoms with E-state index in [1.54, 1.807) is 23.1 Å². The SMILES string of the molecule is CC(F)(c1ccc2c(c1)CC[C@H]1N(C(=O)NCC3CCS(=O)(=O)C3)CC[C@@]21Cc1ccc(F)cc1)C(F)(F)F. The van der Waals surface area contributed by atoms with Gasteiger partial charge in [0.1, 0.15) is 5.82 Å². The number of nitrogens with one attached hydrogen (secondary N) is 1. The summed E-state index contributed by atoms with van der Waals surface area (Å²) >= 11 is 0. The maximum Gasteiger partial charge on any atom is 0.426 e. The number of nitrogens with zero attached hydrogens (tertiary/aromatic N) is 1. The molecule has 2 aromatic rings. The summed E-state index contributed by atoms with van der Waals surface area (Å²) in [6, 6.07) is 9.48. The fourth-order valence-electron chi connectivity index (χ4n) is 6.60. The van der Waals surface area contributed by atoms with E-state index >= 15 is 0 Å². The molecule has 2 aliphatic heterocycles. The normalized spacial score (nSPS) is 27.5. The molecule has 5 rings (SSSR count). The predicted molar refractivity (Wildman–Crippen MR) is 136 cm³/mol. The third-order valence-corrected chi connectivity index (χ3v) is 10.6. The van der Waals surface area contributed by atoms with Gasteiger partial charge < -0.3 is 10.2 Å². The molecule has 2 unspecified atom stereocenters. The molecule has 2 aromatic carbocycles. The number of amides is 2. The van der Waals surface area contributed by atoms with E-state index in [1.165, 1.54) is 24.3 Å². The second-order valence-corrected chi connectivity index (χ2v) is 13.5. The molecule has 11 heteroatoms. The zero-order valence-electron chi connectivity index (χ0n) is 21.5. The zero-order valence-corrected chi connectivity index (χ0v) is 22.3. The van der Waals surface area contributed by atoms with Gasteiger partial charge in [0.05, 0.1) is 11.5 Å². The largest absolute Gasteiger partial charge is 0.426 e. The fraction of sp³-hybridized carbons (Fsp3) is 0.536. The third-order valence-electron chi connectivity index (χ3n) is 8.78. The van der Waals surface area contributed by atoms with Gasteiger partial charge in [0, 0.05) is 24.5 Å². The van der Waals surface area contributed by atoms with Gasteiger partial charge in [-0.25, -0.2) is 22.0 Å². The Morgan fingerprint density at radius 1 is 1.10 bits per heavy atom. The van der Waals surface area contributed by atoms with Crippen molar-refractivity contribution in [2.75, 3.05) is 24.6 Å². The predicted octanol–water partition coefficient (Wildman–Crippen LogP) is 5.22. The van der Waals surface area contributed by atoms with Crippen LogP contribution >= 0.6 is 0 Å². The average Bonchev–Trinajstić information content (AvgIpc) is 3.42. The van der Waals surface area contributed by atoms with Crippen LogP contribution < -0.4 is 5.32 Å². The number of aryl methyl sites for hydroxylation is 1. The molecule has 39 heavy (non-hydrogen) atoms. The molecule has 1 N–H and O–H groups in total. The Kier molecular flexibility index (Phi) is 6.96. The molecule has 0 radical (unpaired) electrons. The Hall–Kier alpha value is -2.69. The monoisotopic (exact) mass is 570 g/mol. The summed E-state index contributed by atoms with van der Waals surface area (Å²) in [5.74, 6) is -0.366. The smallest absolute Gasteiger partial charge is 0.338 e. The molecule has 1 aliphatic carbocycles. The van der Waals surface area contributed by atoms with E-state index in [9.17, 15) is 35.2 Å². The summed E-state index contributed by atoms with van der Waals surface area (Å²) in [5, 5.41) is 2.89. The topological polar surface area (TPSA) is 66.5 Å². The Morgan fingerprint density at radius 3 is 2.46 bits per heavy atom. The van der Waals surface area contributed by atoms with E-state index in [4.69, 9.17) is 0 Å². The highest BCUT2D eigenvalue weighted by molar-refractivity contribution is 7.91. The lowest BCUT2D eigenvalue weighted by atomic mass is 9.63. The van der Waals surface area contributed by atoms with Gasteiger partial charge in [-0.15, -0.1) is 0 Å². The van der Waals surface area contributed by atoms with Crippen LogP contribution in [0.15, 0.2) is 42.5 Å². The molecular weight excluding hydrogens is 539 g/mol. The summed E-state index contributed by atoms with van der Waals surface area (Å²) in [7, 11) is -3.07. The van der Waals surface area contributed by atoms with Crippen LogP contribution in [-0.2, 0) is 33.8 Å². The second kappa shape index (κ2) is 9.74. The van der Waals surface area contributed by atoms with Gasteiger partial charge in [0.25, 0.3) is 0 Å². The van der Waals surface area contributed by atoms with Crippen molar-refractivity contribution in [2.45, 2.75) is 62.3 Å². The number of carbonyl (C=O) groups is 1. The first kappa shape index (κ1) is 27.9. The van der Waals surface area contributed by atoms with Crippen molar-refractivity contribution >= 4 is 15.9 Å². The Balaban J connectivity index is 1.46. The molecule has 0 saturated carbocycles. The van der Waals surface area contributed by atoms with Gasteiger partial charge in [0.2, 0.25) is 5.67 Å². The molecule has 5 nitrogen and oxygen atoms in total. The van der Waals surface area contributed by atoms with E-state index < -0.39 is 38.5 Å². The van der Waals surface area contributed by atoms with Crippen LogP contribution in [0.1, 0.15) is 48.4 Å². The molecule has 4 atom stereocenters. The van der Waals surface area contributed by atoms with Gasteiger partial charge in [-0.2, -0.15) is 13.2 Å². The van der Waals surface area contributed by atoms with Gasteiger partial charge in [0.15, 0.2) is 9.84 Å². The molecule has 212 valence electrons. The lowest BCUT2D eigenvalue weighted by Gasteiger charge is -2.44. The van der Waals surface area contributed by atoms with Crippen LogP contribution in [0.5, 0.6) is 0 Å². The van der Waals surface area contributed by atoms with Gasteiger partial charge in [-0.1, -0.05) is 30.3 Å². The number of likely N-dealkylation sites (tertiary alicyclic amines) is 1. The van der Waals surface area contributed by atoms with E-state index in [1.807, 2.05) is 0 Å². The Morgan fingerprint density at radius 2 is 1.82 bits per heavy atom. The van der Waals surface area contributed by atoms with Crippen LogP contribution in [0.2, 0.25) is 0 Å². The fourth-order valence-corrected chi connectivity index (χ4v) is 8.46. The number of halogens is 5. The lowest BCUT2D eigenvalue weighted by Crippen LogP contribution is -2.52. The van der Waals surface area contributed by atoms with E-state index in [0.717, 1.165) is 11.1 Å². The number of rotatable bonds is 5. The van der Waals surface area contributed by atoms with E-state index in [-0.39, 0.29) is 36.0 Å². The highest BCUT2D eigenvalue weighted by Crippen LogP contribution is 2.51. The van der Waals surface area contributed by atoms with Gasteiger partial charge >= 0.3 is 12.2 Å². The first-order valence-corrected chi connectivity index (χ1v) is 14.9. The molecule has 2 fully saturated rings. The van der Waals surface area contributed by atoms with Crippen molar-refractivity contribution in [3.63, 3.8) is 0 Å². The molecule has 0 bridgehead atoms. The average molecular weight is 571 g/mol. The standard InChI is InChI=1S/C28H31F5N2O3S/c1-26(30,28(31,32)33)21-5-8-23-20(14-21)4-9-24-27(23,15-18-2-6-22(29)7-3-18)11-12-35(24)25(36)34-16-19-10-13-39(37,38)17-19/h2-3,5-8,14,19,24H,4,9-13,15-17H2,1H3,(H,34,36)/t19?,24-,26?,27-/m1/s1. The summed E-state index contributed by atoms with van der Waals surface area (Å²) in [6.45, 7) is 1.16. The molecule has 0 spiro atoms. The summed E-state index contributed by atoms with van der Waals surface area (Å²) in [4.78, 5) is 15.0. The zero-order chi connectivity index (χ0) is 28.2. The summed E-state index contributed by atoms with van der Waals surface area (Å²) in [6.07, 6.45) is -2.76. The van der Waals surface area contributed by atoms with Gasteiger partial charge in [-0.3, -0.25) is 0 Å². The number of benzene rings is 2. The quantitative estimate of drug-likeness (QED) is 0.502. The van der Waals surface area contributed by atoms with Crippen LogP contribution in [-0.4, -0.2) is 56.2 Å². The Bertz CT molecular complexity index is 1360. The minimum absolute atomic E-state index is 0.0480. The number of sulfone groups is 1. The van der Waals surface area contributed by atoms with Crippen LogP contribution in [0.4, 0.5) is 26.7 Å². The van der Waals surface area contributed by atoms with Crippen molar-refractivity contribution in [1.82, 2.24) is 10.2 Å². The number of hydrogen-bond acceptors (Lipinski definition) is 3. The van der Waals surface area contributed by atoms with E-state index in [2.05, 4.69) is 5.32 Å². The van der Waals surface area contributed by atoms with Crippen LogP contribution in [0.3, 0.4) is 0 Å². The number of urea groups is 1.